The van der Waals surface area contributed by atoms with Crippen molar-refractivity contribution in [3.8, 4) is 0 Å². The highest BCUT2D eigenvalue weighted by Crippen LogP contribution is 2.20. The van der Waals surface area contributed by atoms with Crippen LogP contribution in [0, 0.1) is 0 Å². The van der Waals surface area contributed by atoms with Gasteiger partial charge < -0.3 is 10.1 Å². The molecule has 0 atom stereocenters. The van der Waals surface area contributed by atoms with Crippen LogP contribution >= 0.6 is 11.6 Å². The first kappa shape index (κ1) is 18.9. The second-order valence-electron chi connectivity index (χ2n) is 6.91. The van der Waals surface area contributed by atoms with Crippen molar-refractivity contribution in [2.24, 2.45) is 0 Å². The molecule has 1 fully saturated rings. The van der Waals surface area contributed by atoms with Crippen LogP contribution in [0.1, 0.15) is 44.1 Å². The van der Waals surface area contributed by atoms with Crippen LogP contribution in [0.15, 0.2) is 29.1 Å². The fourth-order valence-corrected chi connectivity index (χ4v) is 3.79. The van der Waals surface area contributed by atoms with E-state index in [4.69, 9.17) is 16.3 Å². The van der Waals surface area contributed by atoms with Gasteiger partial charge in [-0.05, 0) is 36.4 Å². The Balaban J connectivity index is 1.92. The van der Waals surface area contributed by atoms with E-state index in [-0.39, 0.29) is 12.1 Å². The molecule has 0 spiro atoms. The van der Waals surface area contributed by atoms with Crippen LogP contribution in [0.2, 0.25) is 5.02 Å². The summed E-state index contributed by atoms with van der Waals surface area (Å²) in [6.45, 7) is 0.382. The number of benzene rings is 1. The third-order valence-corrected chi connectivity index (χ3v) is 5.32. The summed E-state index contributed by atoms with van der Waals surface area (Å²) in [6.07, 6.45) is 7.36. The van der Waals surface area contributed by atoms with Gasteiger partial charge in [0.05, 0.1) is 12.6 Å². The van der Waals surface area contributed by atoms with Gasteiger partial charge >= 0.3 is 5.97 Å². The van der Waals surface area contributed by atoms with Gasteiger partial charge in [-0.3, -0.25) is 14.2 Å². The highest BCUT2D eigenvalue weighted by atomic mass is 35.5. The number of methoxy groups -OCH3 is 1. The predicted octanol–water partition coefficient (Wildman–Crippen LogP) is 3.64. The van der Waals surface area contributed by atoms with Crippen molar-refractivity contribution >= 4 is 28.5 Å². The van der Waals surface area contributed by atoms with Gasteiger partial charge in [-0.15, -0.1) is 0 Å². The van der Waals surface area contributed by atoms with Gasteiger partial charge in [-0.2, -0.15) is 0 Å². The Hall–Kier alpha value is -1.85. The van der Waals surface area contributed by atoms with E-state index < -0.39 is 5.97 Å². The molecule has 0 saturated heterocycles. The van der Waals surface area contributed by atoms with Gasteiger partial charge in [0.25, 0.3) is 5.56 Å². The van der Waals surface area contributed by atoms with Crippen molar-refractivity contribution < 1.29 is 9.53 Å². The number of esters is 1. The molecule has 0 amide bonds. The summed E-state index contributed by atoms with van der Waals surface area (Å²) in [4.78, 5) is 24.7. The number of rotatable bonds is 5. The number of hydrogen-bond acceptors (Lipinski definition) is 4. The Morgan fingerprint density at radius 2 is 1.96 bits per heavy atom. The molecule has 0 radical (unpaired) electrons. The highest BCUT2D eigenvalue weighted by Gasteiger charge is 2.16. The summed E-state index contributed by atoms with van der Waals surface area (Å²) < 4.78 is 6.21. The molecule has 1 aliphatic carbocycles. The molecule has 6 heteroatoms. The fourth-order valence-electron chi connectivity index (χ4n) is 3.62. The van der Waals surface area contributed by atoms with Gasteiger partial charge in [0.1, 0.15) is 6.54 Å². The number of nitrogens with zero attached hydrogens (tertiary/aromatic N) is 1. The van der Waals surface area contributed by atoms with Gasteiger partial charge in [-0.25, -0.2) is 0 Å². The fraction of sp³-hybridized carbons (Fsp3) is 0.500. The average Bonchev–Trinajstić information content (AvgIpc) is 2.91. The monoisotopic (exact) mass is 376 g/mol. The summed E-state index contributed by atoms with van der Waals surface area (Å²) in [5.74, 6) is -0.456. The molecule has 1 N–H and O–H groups in total. The SMILES string of the molecule is COC(=O)Cn1c(=O)c(CNC2CCCCCC2)cc2ccc(Cl)cc21. The molecule has 1 aromatic carbocycles. The van der Waals surface area contributed by atoms with E-state index in [9.17, 15) is 9.59 Å². The van der Waals surface area contributed by atoms with Crippen molar-refractivity contribution in [3.05, 3.63) is 45.2 Å². The maximum absolute atomic E-state index is 13.0. The zero-order valence-corrected chi connectivity index (χ0v) is 15.8. The molecule has 1 heterocycles. The Labute approximate surface area is 158 Å². The van der Waals surface area contributed by atoms with Gasteiger partial charge in [-0.1, -0.05) is 43.4 Å². The van der Waals surface area contributed by atoms with E-state index in [1.807, 2.05) is 12.1 Å². The molecule has 140 valence electrons. The summed E-state index contributed by atoms with van der Waals surface area (Å²) in [6, 6.07) is 7.72. The quantitative estimate of drug-likeness (QED) is 0.639. The molecule has 5 nitrogen and oxygen atoms in total. The zero-order valence-electron chi connectivity index (χ0n) is 15.1. The minimum Gasteiger partial charge on any atom is -0.468 e. The van der Waals surface area contributed by atoms with Crippen LogP contribution in [-0.4, -0.2) is 23.7 Å². The lowest BCUT2D eigenvalue weighted by Crippen LogP contribution is -2.33. The van der Waals surface area contributed by atoms with Gasteiger partial charge in [0.2, 0.25) is 0 Å². The van der Waals surface area contributed by atoms with Crippen LogP contribution in [0.3, 0.4) is 0 Å². The second kappa shape index (κ2) is 8.69. The Morgan fingerprint density at radius 1 is 1.23 bits per heavy atom. The minimum absolute atomic E-state index is 0.122. The summed E-state index contributed by atoms with van der Waals surface area (Å²) >= 11 is 6.09. The first-order chi connectivity index (χ1) is 12.6. The molecule has 1 aromatic heterocycles. The number of nitrogens with one attached hydrogen (secondary N) is 1. The number of aromatic nitrogens is 1. The van der Waals surface area contributed by atoms with E-state index in [2.05, 4.69) is 5.32 Å². The average molecular weight is 377 g/mol. The lowest BCUT2D eigenvalue weighted by Gasteiger charge is -2.17. The number of carbonyl (C=O) groups excluding carboxylic acids is 1. The summed E-state index contributed by atoms with van der Waals surface area (Å²) in [5.41, 5.74) is 1.13. The molecule has 2 aromatic rings. The predicted molar refractivity (Wildman–Crippen MR) is 104 cm³/mol. The molecular formula is C20H25ClN2O3. The lowest BCUT2D eigenvalue weighted by molar-refractivity contribution is -0.141. The van der Waals surface area contributed by atoms with Crippen LogP contribution in [-0.2, 0) is 22.6 Å². The van der Waals surface area contributed by atoms with Crippen LogP contribution in [0.5, 0.6) is 0 Å². The van der Waals surface area contributed by atoms with Crippen molar-refractivity contribution in [1.82, 2.24) is 9.88 Å². The van der Waals surface area contributed by atoms with Crippen molar-refractivity contribution in [2.75, 3.05) is 7.11 Å². The third-order valence-electron chi connectivity index (χ3n) is 5.08. The van der Waals surface area contributed by atoms with Crippen molar-refractivity contribution in [3.63, 3.8) is 0 Å². The van der Waals surface area contributed by atoms with E-state index >= 15 is 0 Å². The standard InChI is InChI=1S/C20H25ClN2O3/c1-26-19(24)13-23-18-11-16(21)9-8-14(18)10-15(20(23)25)12-22-17-6-4-2-3-5-7-17/h8-11,17,22H,2-7,12-13H2,1H3. The van der Waals surface area contributed by atoms with Gasteiger partial charge in [0, 0.05) is 23.2 Å². The first-order valence-corrected chi connectivity index (χ1v) is 9.58. The normalized spacial score (nSPS) is 15.8. The number of hydrogen-bond donors (Lipinski definition) is 1. The van der Waals surface area contributed by atoms with E-state index in [0.717, 1.165) is 18.2 Å². The maximum atomic E-state index is 13.0. The van der Waals surface area contributed by atoms with E-state index in [1.54, 1.807) is 12.1 Å². The highest BCUT2D eigenvalue weighted by molar-refractivity contribution is 6.31. The van der Waals surface area contributed by atoms with Gasteiger partial charge in [0.15, 0.2) is 0 Å². The van der Waals surface area contributed by atoms with Crippen LogP contribution in [0.4, 0.5) is 0 Å². The molecule has 26 heavy (non-hydrogen) atoms. The molecule has 0 unspecified atom stereocenters. The van der Waals surface area contributed by atoms with Crippen LogP contribution < -0.4 is 10.9 Å². The molecular weight excluding hydrogens is 352 g/mol. The smallest absolute Gasteiger partial charge is 0.325 e. The van der Waals surface area contributed by atoms with E-state index in [1.165, 1.54) is 37.4 Å². The Morgan fingerprint density at radius 3 is 2.65 bits per heavy atom. The number of carbonyl (C=O) groups is 1. The second-order valence-corrected chi connectivity index (χ2v) is 7.35. The molecule has 1 aliphatic rings. The first-order valence-electron chi connectivity index (χ1n) is 9.20. The lowest BCUT2D eigenvalue weighted by atomic mass is 10.1. The molecule has 0 bridgehead atoms. The zero-order chi connectivity index (χ0) is 18.5. The topological polar surface area (TPSA) is 60.3 Å². The minimum atomic E-state index is -0.456. The number of pyridine rings is 1. The van der Waals surface area contributed by atoms with E-state index in [0.29, 0.717) is 28.7 Å². The number of halogens is 1. The summed E-state index contributed by atoms with van der Waals surface area (Å²) in [5, 5.41) is 4.95. The number of ether oxygens (including phenoxy) is 1. The third kappa shape index (κ3) is 4.46. The molecule has 3 rings (SSSR count). The largest absolute Gasteiger partial charge is 0.468 e. The Kier molecular flexibility index (Phi) is 6.33. The maximum Gasteiger partial charge on any atom is 0.325 e. The molecule has 0 aliphatic heterocycles. The number of fused-ring (bicyclic) bond motifs is 1. The van der Waals surface area contributed by atoms with Crippen molar-refractivity contribution in [2.45, 2.75) is 57.7 Å². The molecule has 1 saturated carbocycles. The Bertz CT molecular complexity index is 839. The van der Waals surface area contributed by atoms with Crippen molar-refractivity contribution in [1.29, 1.82) is 0 Å². The van der Waals surface area contributed by atoms with Crippen LogP contribution in [0.25, 0.3) is 10.9 Å². The summed E-state index contributed by atoms with van der Waals surface area (Å²) in [7, 11) is 1.32.